The van der Waals surface area contributed by atoms with Gasteiger partial charge in [0.05, 0.1) is 21.9 Å². The highest BCUT2D eigenvalue weighted by molar-refractivity contribution is 7.89. The Morgan fingerprint density at radius 1 is 0.525 bits per heavy atom. The van der Waals surface area contributed by atoms with Crippen LogP contribution in [0.1, 0.15) is 11.1 Å². The van der Waals surface area contributed by atoms with Crippen LogP contribution in [0.2, 0.25) is 0 Å². The fourth-order valence-corrected chi connectivity index (χ4v) is 8.31. The minimum absolute atomic E-state index is 0. The molecule has 1 saturated heterocycles. The van der Waals surface area contributed by atoms with Crippen molar-refractivity contribution in [2.24, 2.45) is 0 Å². The van der Waals surface area contributed by atoms with Crippen LogP contribution in [0.25, 0.3) is 0 Å². The van der Waals surface area contributed by atoms with E-state index in [0.29, 0.717) is 13.1 Å². The Morgan fingerprint density at radius 2 is 0.825 bits per heavy atom. The summed E-state index contributed by atoms with van der Waals surface area (Å²) in [4.78, 5) is 0.346. The zero-order chi connectivity index (χ0) is 27.3. The molecule has 0 saturated carbocycles. The standard InChI is InChI=1S/C30H31N3O4S2.ClH/c34-38(35,27-17-9-3-10-18-27)32(23-25-13-5-1-6-14-25)29-21-31-22-30(29)33(24-26-15-7-2-8-16-26)39(36,37)28-19-11-4-12-20-28;/h1-20,29-31H,21-24H2;1H/t29-,30-;/m0./s1. The van der Waals surface area contributed by atoms with Crippen molar-refractivity contribution in [3.63, 3.8) is 0 Å². The highest BCUT2D eigenvalue weighted by atomic mass is 35.5. The number of benzene rings is 4. The van der Waals surface area contributed by atoms with Crippen molar-refractivity contribution in [2.45, 2.75) is 35.0 Å². The third-order valence-electron chi connectivity index (χ3n) is 6.95. The largest absolute Gasteiger partial charge is 0.313 e. The summed E-state index contributed by atoms with van der Waals surface area (Å²) in [6, 6.07) is 34.1. The molecule has 0 unspecified atom stereocenters. The van der Waals surface area contributed by atoms with Gasteiger partial charge in [0.15, 0.2) is 0 Å². The van der Waals surface area contributed by atoms with Gasteiger partial charge < -0.3 is 5.32 Å². The van der Waals surface area contributed by atoms with Crippen LogP contribution in [0.5, 0.6) is 0 Å². The van der Waals surface area contributed by atoms with E-state index in [-0.39, 0.29) is 35.3 Å². The van der Waals surface area contributed by atoms with Crippen molar-refractivity contribution in [1.29, 1.82) is 0 Å². The molecule has 0 aliphatic carbocycles. The number of hydrogen-bond acceptors (Lipinski definition) is 5. The van der Waals surface area contributed by atoms with Crippen LogP contribution >= 0.6 is 12.4 Å². The molecule has 210 valence electrons. The number of rotatable bonds is 10. The summed E-state index contributed by atoms with van der Waals surface area (Å²) in [5.74, 6) is 0. The lowest BCUT2D eigenvalue weighted by Crippen LogP contribution is -2.54. The Kier molecular flexibility index (Phi) is 9.78. The molecule has 1 aliphatic rings. The van der Waals surface area contributed by atoms with Crippen molar-refractivity contribution in [2.75, 3.05) is 13.1 Å². The van der Waals surface area contributed by atoms with Crippen LogP contribution in [-0.2, 0) is 33.1 Å². The van der Waals surface area contributed by atoms with E-state index in [2.05, 4.69) is 5.32 Å². The molecule has 4 aromatic carbocycles. The normalized spacial score (nSPS) is 17.6. The molecule has 0 spiro atoms. The second-order valence-electron chi connectivity index (χ2n) is 9.49. The van der Waals surface area contributed by atoms with Crippen LogP contribution in [0, 0.1) is 0 Å². The minimum Gasteiger partial charge on any atom is -0.313 e. The monoisotopic (exact) mass is 597 g/mol. The van der Waals surface area contributed by atoms with Crippen molar-refractivity contribution >= 4 is 32.5 Å². The smallest absolute Gasteiger partial charge is 0.243 e. The van der Waals surface area contributed by atoms with Crippen LogP contribution in [0.15, 0.2) is 131 Å². The van der Waals surface area contributed by atoms with Crippen molar-refractivity contribution in [1.82, 2.24) is 13.9 Å². The third kappa shape index (κ3) is 6.46. The maximum absolute atomic E-state index is 14.1. The lowest BCUT2D eigenvalue weighted by Gasteiger charge is -2.37. The Bertz CT molecular complexity index is 1450. The van der Waals surface area contributed by atoms with E-state index in [4.69, 9.17) is 0 Å². The Balaban J connectivity index is 0.00000370. The van der Waals surface area contributed by atoms with E-state index >= 15 is 0 Å². The molecular formula is C30H32ClN3O4S2. The second kappa shape index (κ2) is 13.1. The maximum atomic E-state index is 14.1. The molecule has 1 fully saturated rings. The topological polar surface area (TPSA) is 86.8 Å². The highest BCUT2D eigenvalue weighted by Gasteiger charge is 2.45. The number of nitrogens with one attached hydrogen (secondary N) is 1. The zero-order valence-corrected chi connectivity index (χ0v) is 24.2. The number of halogens is 1. The predicted molar refractivity (Wildman–Crippen MR) is 159 cm³/mol. The molecular weight excluding hydrogens is 566 g/mol. The molecule has 1 aliphatic heterocycles. The second-order valence-corrected chi connectivity index (χ2v) is 13.3. The van der Waals surface area contributed by atoms with Gasteiger partial charge in [-0.3, -0.25) is 0 Å². The Labute approximate surface area is 243 Å². The van der Waals surface area contributed by atoms with Gasteiger partial charge >= 0.3 is 0 Å². The molecule has 10 heteroatoms. The first-order chi connectivity index (χ1) is 18.9. The predicted octanol–water partition coefficient (Wildman–Crippen LogP) is 4.53. The molecule has 7 nitrogen and oxygen atoms in total. The van der Waals surface area contributed by atoms with Gasteiger partial charge in [0, 0.05) is 26.2 Å². The molecule has 4 aromatic rings. The lowest BCUT2D eigenvalue weighted by atomic mass is 10.1. The van der Waals surface area contributed by atoms with Crippen LogP contribution in [0.4, 0.5) is 0 Å². The van der Waals surface area contributed by atoms with Gasteiger partial charge in [-0.1, -0.05) is 97.1 Å². The molecule has 0 radical (unpaired) electrons. The maximum Gasteiger partial charge on any atom is 0.243 e. The van der Waals surface area contributed by atoms with Crippen LogP contribution in [0.3, 0.4) is 0 Å². The summed E-state index contributed by atoms with van der Waals surface area (Å²) in [5, 5.41) is 3.29. The summed E-state index contributed by atoms with van der Waals surface area (Å²) in [7, 11) is -7.92. The zero-order valence-electron chi connectivity index (χ0n) is 21.8. The molecule has 0 bridgehead atoms. The van der Waals surface area contributed by atoms with E-state index in [1.165, 1.54) is 8.61 Å². The van der Waals surface area contributed by atoms with Crippen molar-refractivity contribution < 1.29 is 16.8 Å². The van der Waals surface area contributed by atoms with Crippen LogP contribution < -0.4 is 5.32 Å². The molecule has 1 N–H and O–H groups in total. The third-order valence-corrected chi connectivity index (χ3v) is 10.7. The summed E-state index contributed by atoms with van der Waals surface area (Å²) in [5.41, 5.74) is 1.64. The Morgan fingerprint density at radius 3 is 1.15 bits per heavy atom. The van der Waals surface area contributed by atoms with Crippen molar-refractivity contribution in [3.05, 3.63) is 132 Å². The average molecular weight is 598 g/mol. The SMILES string of the molecule is Cl.O=S(=O)(c1ccccc1)N(Cc1ccccc1)[C@H]1CNC[C@@H]1N(Cc1ccccc1)S(=O)(=O)c1ccccc1. The van der Waals surface area contributed by atoms with E-state index in [1.54, 1.807) is 60.7 Å². The first-order valence-corrected chi connectivity index (χ1v) is 15.7. The molecule has 0 amide bonds. The summed E-state index contributed by atoms with van der Waals surface area (Å²) < 4.78 is 59.3. The van der Waals surface area contributed by atoms with Gasteiger partial charge in [-0.05, 0) is 35.4 Å². The first kappa shape index (κ1) is 29.9. The first-order valence-electron chi connectivity index (χ1n) is 12.8. The van der Waals surface area contributed by atoms with Gasteiger partial charge in [0.1, 0.15) is 0 Å². The van der Waals surface area contributed by atoms with Gasteiger partial charge in [-0.15, -0.1) is 12.4 Å². The summed E-state index contributed by atoms with van der Waals surface area (Å²) >= 11 is 0. The number of hydrogen-bond donors (Lipinski definition) is 1. The van der Waals surface area contributed by atoms with E-state index < -0.39 is 32.1 Å². The molecule has 40 heavy (non-hydrogen) atoms. The fraction of sp³-hybridized carbons (Fsp3) is 0.200. The fourth-order valence-electron chi connectivity index (χ4n) is 4.98. The minimum atomic E-state index is -3.96. The van der Waals surface area contributed by atoms with E-state index in [9.17, 15) is 16.8 Å². The van der Waals surface area contributed by atoms with Crippen molar-refractivity contribution in [3.8, 4) is 0 Å². The molecule has 5 rings (SSSR count). The van der Waals surface area contributed by atoms with E-state index in [0.717, 1.165) is 11.1 Å². The quantitative estimate of drug-likeness (QED) is 0.290. The van der Waals surface area contributed by atoms with Gasteiger partial charge in [-0.25, -0.2) is 16.8 Å². The summed E-state index contributed by atoms with van der Waals surface area (Å²) in [6.45, 7) is 0.870. The molecule has 0 aromatic heterocycles. The average Bonchev–Trinajstić information content (AvgIpc) is 3.45. The Hall–Kier alpha value is -3.05. The highest BCUT2D eigenvalue weighted by Crippen LogP contribution is 2.30. The number of sulfonamides is 2. The van der Waals surface area contributed by atoms with Gasteiger partial charge in [-0.2, -0.15) is 8.61 Å². The van der Waals surface area contributed by atoms with Gasteiger partial charge in [0.25, 0.3) is 0 Å². The number of nitrogens with zero attached hydrogens (tertiary/aromatic N) is 2. The molecule has 2 atom stereocenters. The lowest BCUT2D eigenvalue weighted by molar-refractivity contribution is 0.219. The summed E-state index contributed by atoms with van der Waals surface area (Å²) in [6.07, 6.45) is 0. The van der Waals surface area contributed by atoms with Gasteiger partial charge in [0.2, 0.25) is 20.0 Å². The van der Waals surface area contributed by atoms with Crippen LogP contribution in [-0.4, -0.2) is 50.6 Å². The van der Waals surface area contributed by atoms with E-state index in [1.807, 2.05) is 60.7 Å². The molecule has 1 heterocycles.